The second-order valence-corrected chi connectivity index (χ2v) is 7.68. The van der Waals surface area contributed by atoms with E-state index >= 15 is 0 Å². The number of rotatable bonds is 3. The summed E-state index contributed by atoms with van der Waals surface area (Å²) >= 11 is 5.96. The minimum atomic E-state index is -0.129. The lowest BCUT2D eigenvalue weighted by molar-refractivity contribution is -0.144. The zero-order chi connectivity index (χ0) is 19.5. The van der Waals surface area contributed by atoms with E-state index in [-0.39, 0.29) is 23.8 Å². The van der Waals surface area contributed by atoms with Crippen LogP contribution in [-0.2, 0) is 9.53 Å². The molecule has 1 atom stereocenters. The van der Waals surface area contributed by atoms with Crippen LogP contribution in [0.4, 0.5) is 0 Å². The second kappa shape index (κ2) is 8.37. The molecule has 0 spiro atoms. The van der Waals surface area contributed by atoms with Gasteiger partial charge in [-0.25, -0.2) is 0 Å². The maximum absolute atomic E-state index is 13.0. The number of hydrogen-bond donors (Lipinski definition) is 0. The molecule has 0 bridgehead atoms. The molecule has 2 amide bonds. The molecule has 148 valence electrons. The number of nitrogens with zero attached hydrogens (tertiary/aromatic N) is 2. The summed E-state index contributed by atoms with van der Waals surface area (Å²) in [6, 6.07) is 10.9. The smallest absolute Gasteiger partial charge is 0.289 e. The van der Waals surface area contributed by atoms with Crippen molar-refractivity contribution in [3.05, 3.63) is 59.0 Å². The van der Waals surface area contributed by atoms with Crippen LogP contribution in [0.25, 0.3) is 0 Å². The first-order valence-electron chi connectivity index (χ1n) is 9.60. The van der Waals surface area contributed by atoms with Gasteiger partial charge in [-0.05, 0) is 42.7 Å². The number of benzene rings is 1. The van der Waals surface area contributed by atoms with E-state index in [0.717, 1.165) is 5.56 Å². The van der Waals surface area contributed by atoms with E-state index in [1.54, 1.807) is 17.0 Å². The Balaban J connectivity index is 1.33. The third-order valence-electron chi connectivity index (χ3n) is 5.48. The van der Waals surface area contributed by atoms with Gasteiger partial charge in [0.2, 0.25) is 5.91 Å². The van der Waals surface area contributed by atoms with E-state index in [4.69, 9.17) is 20.8 Å². The summed E-state index contributed by atoms with van der Waals surface area (Å²) in [5.41, 5.74) is 1.03. The van der Waals surface area contributed by atoms with Crippen molar-refractivity contribution in [2.24, 2.45) is 5.92 Å². The summed E-state index contributed by atoms with van der Waals surface area (Å²) in [6.45, 7) is 2.82. The molecular formula is C21H23ClN2O4. The molecule has 0 N–H and O–H groups in total. The molecule has 6 nitrogen and oxygen atoms in total. The molecule has 0 radical (unpaired) electrons. The van der Waals surface area contributed by atoms with E-state index in [1.165, 1.54) is 6.26 Å². The second-order valence-electron chi connectivity index (χ2n) is 7.24. The Morgan fingerprint density at radius 1 is 1.00 bits per heavy atom. The minimum Gasteiger partial charge on any atom is -0.459 e. The molecule has 1 unspecified atom stereocenters. The molecule has 0 saturated carbocycles. The number of furan rings is 1. The van der Waals surface area contributed by atoms with Crippen molar-refractivity contribution in [2.45, 2.75) is 18.9 Å². The first-order chi connectivity index (χ1) is 13.6. The van der Waals surface area contributed by atoms with E-state index in [1.807, 2.05) is 29.2 Å². The Bertz CT molecular complexity index is 813. The van der Waals surface area contributed by atoms with Crippen LogP contribution in [0.1, 0.15) is 35.1 Å². The summed E-state index contributed by atoms with van der Waals surface area (Å²) in [4.78, 5) is 29.1. The summed E-state index contributed by atoms with van der Waals surface area (Å²) in [6.07, 6.45) is 2.72. The fourth-order valence-corrected chi connectivity index (χ4v) is 4.00. The lowest BCUT2D eigenvalue weighted by Gasteiger charge is -2.37. The summed E-state index contributed by atoms with van der Waals surface area (Å²) in [5, 5.41) is 0.684. The molecule has 2 aromatic rings. The van der Waals surface area contributed by atoms with Gasteiger partial charge in [0.1, 0.15) is 6.10 Å². The Kier molecular flexibility index (Phi) is 5.69. The quantitative estimate of drug-likeness (QED) is 0.789. The fourth-order valence-electron chi connectivity index (χ4n) is 3.87. The van der Waals surface area contributed by atoms with Gasteiger partial charge in [0, 0.05) is 30.6 Å². The molecule has 1 aromatic heterocycles. The van der Waals surface area contributed by atoms with Crippen LogP contribution in [0.15, 0.2) is 47.1 Å². The predicted molar refractivity (Wildman–Crippen MR) is 104 cm³/mol. The van der Waals surface area contributed by atoms with Crippen LogP contribution in [-0.4, -0.2) is 54.4 Å². The van der Waals surface area contributed by atoms with Gasteiger partial charge in [0.05, 0.1) is 19.4 Å². The zero-order valence-electron chi connectivity index (χ0n) is 15.6. The van der Waals surface area contributed by atoms with Crippen LogP contribution in [0.3, 0.4) is 0 Å². The average Bonchev–Trinajstić information content (AvgIpc) is 3.28. The van der Waals surface area contributed by atoms with Gasteiger partial charge < -0.3 is 19.0 Å². The maximum Gasteiger partial charge on any atom is 0.289 e. The normalized spacial score (nSPS) is 21.0. The maximum atomic E-state index is 13.0. The molecule has 2 fully saturated rings. The van der Waals surface area contributed by atoms with Gasteiger partial charge in [-0.3, -0.25) is 9.59 Å². The third kappa shape index (κ3) is 4.08. The van der Waals surface area contributed by atoms with E-state index in [9.17, 15) is 9.59 Å². The number of ether oxygens (including phenoxy) is 1. The minimum absolute atomic E-state index is 0.0513. The van der Waals surface area contributed by atoms with E-state index in [0.29, 0.717) is 56.4 Å². The SMILES string of the molecule is O=C(c1ccco1)N1CCC(C(=O)N2CCOC(c3ccc(Cl)cc3)C2)CC1. The van der Waals surface area contributed by atoms with Crippen molar-refractivity contribution in [3.63, 3.8) is 0 Å². The molecule has 4 rings (SSSR count). The van der Waals surface area contributed by atoms with Crippen molar-refractivity contribution in [1.82, 2.24) is 9.80 Å². The summed E-state index contributed by atoms with van der Waals surface area (Å²) < 4.78 is 11.1. The predicted octanol–water partition coefficient (Wildman–Crippen LogP) is 3.39. The monoisotopic (exact) mass is 402 g/mol. The molecule has 7 heteroatoms. The lowest BCUT2D eigenvalue weighted by Crippen LogP contribution is -2.48. The van der Waals surface area contributed by atoms with Crippen LogP contribution < -0.4 is 0 Å². The van der Waals surface area contributed by atoms with Crippen molar-refractivity contribution in [2.75, 3.05) is 32.8 Å². The van der Waals surface area contributed by atoms with Crippen molar-refractivity contribution in [1.29, 1.82) is 0 Å². The molecule has 28 heavy (non-hydrogen) atoms. The highest BCUT2D eigenvalue weighted by atomic mass is 35.5. The third-order valence-corrected chi connectivity index (χ3v) is 5.74. The van der Waals surface area contributed by atoms with Gasteiger partial charge in [0.25, 0.3) is 5.91 Å². The standard InChI is InChI=1S/C21H23ClN2O4/c22-17-5-3-15(4-6-17)19-14-24(11-13-28-19)20(25)16-7-9-23(10-8-16)21(26)18-2-1-12-27-18/h1-6,12,16,19H,7-11,13-14H2. The van der Waals surface area contributed by atoms with Gasteiger partial charge in [-0.2, -0.15) is 0 Å². The van der Waals surface area contributed by atoms with Crippen LogP contribution in [0.2, 0.25) is 5.02 Å². The highest BCUT2D eigenvalue weighted by Gasteiger charge is 2.33. The van der Waals surface area contributed by atoms with Gasteiger partial charge in [-0.1, -0.05) is 23.7 Å². The average molecular weight is 403 g/mol. The van der Waals surface area contributed by atoms with E-state index < -0.39 is 0 Å². The highest BCUT2D eigenvalue weighted by Crippen LogP contribution is 2.27. The summed E-state index contributed by atoms with van der Waals surface area (Å²) in [7, 11) is 0. The Morgan fingerprint density at radius 3 is 2.43 bits per heavy atom. The number of carbonyl (C=O) groups excluding carboxylic acids is 2. The Morgan fingerprint density at radius 2 is 1.75 bits per heavy atom. The molecule has 2 aliphatic rings. The lowest BCUT2D eigenvalue weighted by atomic mass is 9.94. The molecule has 1 aromatic carbocycles. The Labute approximate surface area is 169 Å². The highest BCUT2D eigenvalue weighted by molar-refractivity contribution is 6.30. The van der Waals surface area contributed by atoms with E-state index in [2.05, 4.69) is 0 Å². The number of hydrogen-bond acceptors (Lipinski definition) is 4. The fraction of sp³-hybridized carbons (Fsp3) is 0.429. The van der Waals surface area contributed by atoms with Crippen LogP contribution in [0, 0.1) is 5.92 Å². The van der Waals surface area contributed by atoms with Gasteiger partial charge in [0.15, 0.2) is 5.76 Å². The first kappa shape index (κ1) is 19.0. The van der Waals surface area contributed by atoms with Gasteiger partial charge in [-0.15, -0.1) is 0 Å². The first-order valence-corrected chi connectivity index (χ1v) is 9.98. The zero-order valence-corrected chi connectivity index (χ0v) is 16.3. The van der Waals surface area contributed by atoms with Crippen LogP contribution >= 0.6 is 11.6 Å². The molecule has 2 aliphatic heterocycles. The molecule has 3 heterocycles. The van der Waals surface area contributed by atoms with Crippen molar-refractivity contribution < 1.29 is 18.7 Å². The number of carbonyl (C=O) groups is 2. The topological polar surface area (TPSA) is 63.0 Å². The number of amides is 2. The summed E-state index contributed by atoms with van der Waals surface area (Å²) in [5.74, 6) is 0.353. The number of piperidine rings is 1. The Hall–Kier alpha value is -2.31. The molecule has 0 aliphatic carbocycles. The number of morpholine rings is 1. The number of halogens is 1. The van der Waals surface area contributed by atoms with Crippen LogP contribution in [0.5, 0.6) is 0 Å². The van der Waals surface area contributed by atoms with Crippen molar-refractivity contribution >= 4 is 23.4 Å². The van der Waals surface area contributed by atoms with Gasteiger partial charge >= 0.3 is 0 Å². The largest absolute Gasteiger partial charge is 0.459 e. The molecule has 2 saturated heterocycles. The van der Waals surface area contributed by atoms with Crippen molar-refractivity contribution in [3.8, 4) is 0 Å². The molecular weight excluding hydrogens is 380 g/mol. The number of likely N-dealkylation sites (tertiary alicyclic amines) is 1.